The van der Waals surface area contributed by atoms with Crippen LogP contribution in [-0.4, -0.2) is 9.97 Å². The van der Waals surface area contributed by atoms with E-state index in [2.05, 4.69) is 37.1 Å². The van der Waals surface area contributed by atoms with Crippen LogP contribution in [0.2, 0.25) is 5.02 Å². The minimum atomic E-state index is 0.612. The van der Waals surface area contributed by atoms with Crippen molar-refractivity contribution in [2.24, 2.45) is 0 Å². The molecule has 1 N–H and O–H groups in total. The number of nitrogens with one attached hydrogen (secondary N) is 1. The fourth-order valence-electron chi connectivity index (χ4n) is 1.97. The molecule has 2 aromatic carbocycles. The normalized spacial score (nSPS) is 10.3. The topological polar surface area (TPSA) is 37.8 Å². The summed E-state index contributed by atoms with van der Waals surface area (Å²) in [5.74, 6) is 3.31. The third-order valence-corrected chi connectivity index (χ3v) is 4.17. The van der Waals surface area contributed by atoms with E-state index in [0.29, 0.717) is 10.8 Å². The molecule has 0 aliphatic carbocycles. The molecule has 1 aromatic heterocycles. The number of aromatic nitrogens is 2. The second-order valence-electron chi connectivity index (χ2n) is 4.36. The molecular weight excluding hydrogens is 350 g/mol. The molecular formula is C16H9BrClN3. The van der Waals surface area contributed by atoms with Gasteiger partial charge in [-0.3, -0.25) is 0 Å². The van der Waals surface area contributed by atoms with Crippen LogP contribution in [0.1, 0.15) is 5.56 Å². The van der Waals surface area contributed by atoms with E-state index in [-0.39, 0.29) is 0 Å². The van der Waals surface area contributed by atoms with Crippen LogP contribution in [0, 0.1) is 12.3 Å². The maximum absolute atomic E-state index is 6.09. The van der Waals surface area contributed by atoms with Crippen molar-refractivity contribution in [2.45, 2.75) is 0 Å². The van der Waals surface area contributed by atoms with Crippen LogP contribution < -0.4 is 5.32 Å². The summed E-state index contributed by atoms with van der Waals surface area (Å²) in [7, 11) is 0. The predicted molar refractivity (Wildman–Crippen MR) is 89.9 cm³/mol. The number of hydrogen-bond acceptors (Lipinski definition) is 3. The van der Waals surface area contributed by atoms with Crippen LogP contribution in [0.15, 0.2) is 47.2 Å². The molecule has 0 fully saturated rings. The van der Waals surface area contributed by atoms with Crippen molar-refractivity contribution in [1.82, 2.24) is 9.97 Å². The van der Waals surface area contributed by atoms with Gasteiger partial charge < -0.3 is 5.32 Å². The van der Waals surface area contributed by atoms with Gasteiger partial charge in [0.15, 0.2) is 0 Å². The van der Waals surface area contributed by atoms with Gasteiger partial charge in [-0.15, -0.1) is 6.42 Å². The molecule has 3 aromatic rings. The fourth-order valence-corrected chi connectivity index (χ4v) is 2.48. The molecule has 3 nitrogen and oxygen atoms in total. The summed E-state index contributed by atoms with van der Waals surface area (Å²) in [6, 6.07) is 11.3. The van der Waals surface area contributed by atoms with Gasteiger partial charge in [-0.25, -0.2) is 9.97 Å². The van der Waals surface area contributed by atoms with Crippen molar-refractivity contribution in [3.63, 3.8) is 0 Å². The monoisotopic (exact) mass is 357 g/mol. The van der Waals surface area contributed by atoms with Crippen molar-refractivity contribution < 1.29 is 0 Å². The molecule has 0 saturated carbocycles. The number of nitrogens with zero attached hydrogens (tertiary/aromatic N) is 2. The molecule has 3 rings (SSSR count). The van der Waals surface area contributed by atoms with Gasteiger partial charge in [-0.1, -0.05) is 23.6 Å². The first-order chi connectivity index (χ1) is 10.2. The Bertz CT molecular complexity index is 871. The Morgan fingerprint density at radius 3 is 2.86 bits per heavy atom. The first-order valence-corrected chi connectivity index (χ1v) is 7.28. The van der Waals surface area contributed by atoms with Crippen molar-refractivity contribution in [3.8, 4) is 12.3 Å². The summed E-state index contributed by atoms with van der Waals surface area (Å²) in [5.41, 5.74) is 2.45. The van der Waals surface area contributed by atoms with Gasteiger partial charge >= 0.3 is 0 Å². The average Bonchev–Trinajstić information content (AvgIpc) is 2.49. The third kappa shape index (κ3) is 2.85. The van der Waals surface area contributed by atoms with Crippen LogP contribution >= 0.6 is 27.5 Å². The highest BCUT2D eigenvalue weighted by atomic mass is 79.9. The summed E-state index contributed by atoms with van der Waals surface area (Å²) in [6.07, 6.45) is 6.91. The fraction of sp³-hybridized carbons (Fsp3) is 0. The Morgan fingerprint density at radius 2 is 2.05 bits per heavy atom. The van der Waals surface area contributed by atoms with Crippen molar-refractivity contribution in [1.29, 1.82) is 0 Å². The molecule has 0 saturated heterocycles. The van der Waals surface area contributed by atoms with Gasteiger partial charge in [0.2, 0.25) is 0 Å². The van der Waals surface area contributed by atoms with E-state index in [9.17, 15) is 0 Å². The van der Waals surface area contributed by atoms with Gasteiger partial charge in [-0.05, 0) is 46.3 Å². The van der Waals surface area contributed by atoms with Crippen molar-refractivity contribution >= 4 is 49.9 Å². The molecule has 102 valence electrons. The Morgan fingerprint density at radius 1 is 1.19 bits per heavy atom. The molecule has 21 heavy (non-hydrogen) atoms. The number of terminal acetylenes is 1. The lowest BCUT2D eigenvalue weighted by molar-refractivity contribution is 1.22. The summed E-state index contributed by atoms with van der Waals surface area (Å²) >= 11 is 9.51. The number of anilines is 2. The standard InChI is InChI=1S/C16H9BrClN3/c1-2-10-4-3-5-11(6-10)21-16-12-7-13(17)14(18)8-15(12)19-9-20-16/h1,3-9H,(H,19,20,21). The van der Waals surface area contributed by atoms with E-state index in [1.807, 2.05) is 30.3 Å². The molecule has 0 unspecified atom stereocenters. The largest absolute Gasteiger partial charge is 0.340 e. The average molecular weight is 359 g/mol. The second-order valence-corrected chi connectivity index (χ2v) is 5.62. The molecule has 1 heterocycles. The van der Waals surface area contributed by atoms with E-state index < -0.39 is 0 Å². The molecule has 5 heteroatoms. The Balaban J connectivity index is 2.08. The predicted octanol–water partition coefficient (Wildman–Crippen LogP) is 4.77. The molecule has 0 aliphatic rings. The number of rotatable bonds is 2. The summed E-state index contributed by atoms with van der Waals surface area (Å²) in [5, 5.41) is 4.75. The molecule has 0 bridgehead atoms. The Kier molecular flexibility index (Phi) is 3.78. The molecule has 0 spiro atoms. The maximum atomic E-state index is 6.09. The minimum absolute atomic E-state index is 0.612. The SMILES string of the molecule is C#Cc1cccc(Nc2ncnc3cc(Cl)c(Br)cc23)c1. The Hall–Kier alpha value is -2.09. The third-order valence-electron chi connectivity index (χ3n) is 2.97. The lowest BCUT2D eigenvalue weighted by Crippen LogP contribution is -1.96. The van der Waals surface area contributed by atoms with Crippen molar-refractivity contribution in [3.05, 3.63) is 57.8 Å². The van der Waals surface area contributed by atoms with Crippen LogP contribution in [-0.2, 0) is 0 Å². The molecule has 0 radical (unpaired) electrons. The minimum Gasteiger partial charge on any atom is -0.340 e. The van der Waals surface area contributed by atoms with Gasteiger partial charge in [0.1, 0.15) is 12.1 Å². The zero-order valence-corrected chi connectivity index (χ0v) is 13.1. The zero-order chi connectivity index (χ0) is 14.8. The highest BCUT2D eigenvalue weighted by Gasteiger charge is 2.07. The smallest absolute Gasteiger partial charge is 0.141 e. The van der Waals surface area contributed by atoms with Crippen LogP contribution in [0.3, 0.4) is 0 Å². The van der Waals surface area contributed by atoms with Crippen LogP contribution in [0.25, 0.3) is 10.9 Å². The second kappa shape index (κ2) is 5.72. The lowest BCUT2D eigenvalue weighted by Gasteiger charge is -2.09. The van der Waals surface area contributed by atoms with Gasteiger partial charge in [-0.2, -0.15) is 0 Å². The molecule has 0 atom stereocenters. The first kappa shape index (κ1) is 13.9. The molecule has 0 amide bonds. The summed E-state index contributed by atoms with van der Waals surface area (Å²) in [4.78, 5) is 8.52. The highest BCUT2D eigenvalue weighted by Crippen LogP contribution is 2.31. The zero-order valence-electron chi connectivity index (χ0n) is 10.8. The van der Waals surface area contributed by atoms with Crippen LogP contribution in [0.5, 0.6) is 0 Å². The van der Waals surface area contributed by atoms with E-state index in [4.69, 9.17) is 18.0 Å². The maximum Gasteiger partial charge on any atom is 0.141 e. The van der Waals surface area contributed by atoms with Crippen molar-refractivity contribution in [2.75, 3.05) is 5.32 Å². The lowest BCUT2D eigenvalue weighted by atomic mass is 10.2. The molecule has 0 aliphatic heterocycles. The first-order valence-electron chi connectivity index (χ1n) is 6.11. The van der Waals surface area contributed by atoms with E-state index in [1.54, 1.807) is 6.07 Å². The van der Waals surface area contributed by atoms with Crippen LogP contribution in [0.4, 0.5) is 11.5 Å². The quantitative estimate of drug-likeness (QED) is 0.671. The number of hydrogen-bond donors (Lipinski definition) is 1. The Labute approximate surface area is 135 Å². The van der Waals surface area contributed by atoms with Gasteiger partial charge in [0.05, 0.1) is 10.5 Å². The van der Waals surface area contributed by atoms with Gasteiger partial charge in [0.25, 0.3) is 0 Å². The number of halogens is 2. The highest BCUT2D eigenvalue weighted by molar-refractivity contribution is 9.10. The summed E-state index contributed by atoms with van der Waals surface area (Å²) < 4.78 is 0.798. The van der Waals surface area contributed by atoms with E-state index in [0.717, 1.165) is 26.6 Å². The van der Waals surface area contributed by atoms with E-state index in [1.165, 1.54) is 6.33 Å². The summed E-state index contributed by atoms with van der Waals surface area (Å²) in [6.45, 7) is 0. The van der Waals surface area contributed by atoms with Gasteiger partial charge in [0, 0.05) is 21.1 Å². The number of benzene rings is 2. The number of fused-ring (bicyclic) bond motifs is 1. The van der Waals surface area contributed by atoms with E-state index >= 15 is 0 Å².